The predicted molar refractivity (Wildman–Crippen MR) is 80.3 cm³/mol. The first-order chi connectivity index (χ1) is 10.7. The van der Waals surface area contributed by atoms with Crippen molar-refractivity contribution < 1.29 is 0 Å². The number of nitrogens with zero attached hydrogens (tertiary/aromatic N) is 7. The van der Waals surface area contributed by atoms with Crippen LogP contribution in [0.25, 0.3) is 22.7 Å². The molecular weight excluding hydrogens is 280 g/mol. The molecule has 0 aliphatic carbocycles. The van der Waals surface area contributed by atoms with Crippen molar-refractivity contribution >= 4 is 11.5 Å². The van der Waals surface area contributed by atoms with Gasteiger partial charge < -0.3 is 10.1 Å². The highest BCUT2D eigenvalue weighted by Gasteiger charge is 2.13. The molecule has 0 aromatic carbocycles. The average Bonchev–Trinajstić information content (AvgIpc) is 3.17. The minimum atomic E-state index is 0.316. The van der Waals surface area contributed by atoms with E-state index < -0.39 is 0 Å². The van der Waals surface area contributed by atoms with Gasteiger partial charge in [0.1, 0.15) is 17.2 Å². The van der Waals surface area contributed by atoms with Crippen molar-refractivity contribution in [1.82, 2.24) is 34.3 Å². The van der Waals surface area contributed by atoms with Gasteiger partial charge in [0.2, 0.25) is 5.82 Å². The zero-order chi connectivity index (χ0) is 15.1. The van der Waals surface area contributed by atoms with Crippen LogP contribution in [0.15, 0.2) is 43.1 Å². The summed E-state index contributed by atoms with van der Waals surface area (Å²) >= 11 is 0. The van der Waals surface area contributed by atoms with Crippen molar-refractivity contribution in [2.75, 3.05) is 5.73 Å². The van der Waals surface area contributed by atoms with Crippen molar-refractivity contribution in [2.24, 2.45) is 0 Å². The molecule has 0 saturated carbocycles. The Morgan fingerprint density at radius 3 is 2.68 bits per heavy atom. The topological polar surface area (TPSA) is 99.8 Å². The third-order valence-corrected chi connectivity index (χ3v) is 3.34. The highest BCUT2D eigenvalue weighted by atomic mass is 15.5. The minimum Gasteiger partial charge on any atom is -0.382 e. The first kappa shape index (κ1) is 12.5. The molecule has 0 aliphatic rings. The van der Waals surface area contributed by atoms with Crippen molar-refractivity contribution in [2.45, 2.75) is 6.92 Å². The maximum absolute atomic E-state index is 5.75. The number of aromatic nitrogens is 7. The van der Waals surface area contributed by atoms with Gasteiger partial charge in [-0.1, -0.05) is 0 Å². The van der Waals surface area contributed by atoms with E-state index in [0.29, 0.717) is 17.3 Å². The Morgan fingerprint density at radius 1 is 1.05 bits per heavy atom. The molecular formula is C14H12N8. The fourth-order valence-corrected chi connectivity index (χ4v) is 2.30. The smallest absolute Gasteiger partial charge is 0.202 e. The molecule has 4 heterocycles. The molecule has 108 valence electrons. The van der Waals surface area contributed by atoms with Crippen LogP contribution in [0.3, 0.4) is 0 Å². The van der Waals surface area contributed by atoms with E-state index in [-0.39, 0.29) is 0 Å². The largest absolute Gasteiger partial charge is 0.382 e. The molecule has 4 aromatic rings. The molecule has 8 heteroatoms. The summed E-state index contributed by atoms with van der Waals surface area (Å²) in [4.78, 5) is 14.4. The first-order valence-corrected chi connectivity index (χ1v) is 6.65. The molecule has 4 aromatic heterocycles. The van der Waals surface area contributed by atoms with Gasteiger partial charge in [-0.05, 0) is 19.1 Å². The Morgan fingerprint density at radius 2 is 1.86 bits per heavy atom. The Labute approximate surface area is 125 Å². The molecule has 0 radical (unpaired) electrons. The molecule has 0 unspecified atom stereocenters. The standard InChI is InChI=1S/C14H12N8/c1-9-6-16-12-3-2-10(8-21(9)12)13-14(20-11(15)7-17-13)22-18-4-5-19-22/h2-8H,1H3,(H2,15,20). The van der Waals surface area contributed by atoms with Crippen LogP contribution in [-0.2, 0) is 0 Å². The summed E-state index contributed by atoms with van der Waals surface area (Å²) in [6, 6.07) is 3.87. The van der Waals surface area contributed by atoms with E-state index in [1.807, 2.05) is 35.9 Å². The summed E-state index contributed by atoms with van der Waals surface area (Å²) < 4.78 is 1.99. The molecule has 0 spiro atoms. The van der Waals surface area contributed by atoms with Crippen LogP contribution in [0.2, 0.25) is 0 Å². The summed E-state index contributed by atoms with van der Waals surface area (Å²) in [7, 11) is 0. The Balaban J connectivity index is 1.96. The lowest BCUT2D eigenvalue weighted by molar-refractivity contribution is 0.728. The SMILES string of the molecule is Cc1cnc2ccc(-c3ncc(N)nc3-n3nccn3)cn12. The number of aryl methyl sites for hydroxylation is 1. The highest BCUT2D eigenvalue weighted by molar-refractivity contribution is 5.68. The normalized spacial score (nSPS) is 11.1. The molecule has 0 aliphatic heterocycles. The van der Waals surface area contributed by atoms with Crippen molar-refractivity contribution in [1.29, 1.82) is 0 Å². The second kappa shape index (κ2) is 4.62. The number of nitrogen functional groups attached to an aromatic ring is 1. The molecule has 8 nitrogen and oxygen atoms in total. The van der Waals surface area contributed by atoms with Crippen LogP contribution in [-0.4, -0.2) is 34.3 Å². The fraction of sp³-hybridized carbons (Fsp3) is 0.0714. The number of rotatable bonds is 2. The van der Waals surface area contributed by atoms with E-state index in [9.17, 15) is 0 Å². The van der Waals surface area contributed by atoms with Gasteiger partial charge in [0.25, 0.3) is 0 Å². The molecule has 0 bridgehead atoms. The van der Waals surface area contributed by atoms with Crippen LogP contribution < -0.4 is 5.73 Å². The quantitative estimate of drug-likeness (QED) is 0.597. The Kier molecular flexibility index (Phi) is 2.62. The van der Waals surface area contributed by atoms with Gasteiger partial charge in [0, 0.05) is 23.7 Å². The van der Waals surface area contributed by atoms with Gasteiger partial charge in [-0.25, -0.2) is 15.0 Å². The molecule has 0 amide bonds. The summed E-state index contributed by atoms with van der Waals surface area (Å²) in [5.74, 6) is 0.804. The maximum Gasteiger partial charge on any atom is 0.202 e. The molecule has 4 rings (SSSR count). The molecule has 2 N–H and O–H groups in total. The van der Waals surface area contributed by atoms with Gasteiger partial charge in [-0.2, -0.15) is 10.2 Å². The zero-order valence-corrected chi connectivity index (χ0v) is 11.7. The monoisotopic (exact) mass is 292 g/mol. The van der Waals surface area contributed by atoms with Gasteiger partial charge >= 0.3 is 0 Å². The third kappa shape index (κ3) is 1.89. The van der Waals surface area contributed by atoms with Gasteiger partial charge in [-0.15, -0.1) is 4.80 Å². The van der Waals surface area contributed by atoms with E-state index >= 15 is 0 Å². The van der Waals surface area contributed by atoms with Gasteiger partial charge in [0.15, 0.2) is 0 Å². The summed E-state index contributed by atoms with van der Waals surface area (Å²) in [6.07, 6.45) is 8.47. The van der Waals surface area contributed by atoms with Gasteiger partial charge in [0.05, 0.1) is 18.6 Å². The van der Waals surface area contributed by atoms with Gasteiger partial charge in [-0.3, -0.25) is 0 Å². The zero-order valence-electron chi connectivity index (χ0n) is 11.7. The number of fused-ring (bicyclic) bond motifs is 1. The lowest BCUT2D eigenvalue weighted by atomic mass is 10.2. The van der Waals surface area contributed by atoms with E-state index in [2.05, 4.69) is 25.1 Å². The van der Waals surface area contributed by atoms with E-state index in [1.165, 1.54) is 11.0 Å². The lowest BCUT2D eigenvalue weighted by Crippen LogP contribution is -2.08. The van der Waals surface area contributed by atoms with E-state index in [4.69, 9.17) is 5.73 Å². The number of pyridine rings is 1. The van der Waals surface area contributed by atoms with Crippen LogP contribution >= 0.6 is 0 Å². The van der Waals surface area contributed by atoms with Crippen molar-refractivity contribution in [3.05, 3.63) is 48.8 Å². The molecule has 0 saturated heterocycles. The Bertz CT molecular complexity index is 954. The second-order valence-electron chi connectivity index (χ2n) is 4.83. The molecule has 0 atom stereocenters. The number of anilines is 1. The van der Waals surface area contributed by atoms with Crippen molar-refractivity contribution in [3.8, 4) is 17.1 Å². The molecule has 0 fully saturated rings. The lowest BCUT2D eigenvalue weighted by Gasteiger charge is -2.08. The van der Waals surface area contributed by atoms with Crippen LogP contribution in [0.4, 0.5) is 5.82 Å². The minimum absolute atomic E-state index is 0.316. The summed E-state index contributed by atoms with van der Waals surface area (Å²) in [6.45, 7) is 1.99. The summed E-state index contributed by atoms with van der Waals surface area (Å²) in [5, 5.41) is 8.22. The third-order valence-electron chi connectivity index (χ3n) is 3.34. The number of hydrogen-bond donors (Lipinski definition) is 1. The first-order valence-electron chi connectivity index (χ1n) is 6.65. The summed E-state index contributed by atoms with van der Waals surface area (Å²) in [5.41, 5.74) is 9.21. The van der Waals surface area contributed by atoms with E-state index in [0.717, 1.165) is 16.9 Å². The number of imidazole rings is 1. The Hall–Kier alpha value is -3.29. The number of nitrogens with two attached hydrogens (primary N) is 1. The van der Waals surface area contributed by atoms with Crippen LogP contribution in [0, 0.1) is 6.92 Å². The number of hydrogen-bond acceptors (Lipinski definition) is 6. The molecule has 22 heavy (non-hydrogen) atoms. The maximum atomic E-state index is 5.75. The second-order valence-corrected chi connectivity index (χ2v) is 4.83. The van der Waals surface area contributed by atoms with E-state index in [1.54, 1.807) is 12.4 Å². The van der Waals surface area contributed by atoms with Crippen molar-refractivity contribution in [3.63, 3.8) is 0 Å². The highest BCUT2D eigenvalue weighted by Crippen LogP contribution is 2.23. The van der Waals surface area contributed by atoms with Crippen LogP contribution in [0.1, 0.15) is 5.69 Å². The fourth-order valence-electron chi connectivity index (χ4n) is 2.30. The average molecular weight is 292 g/mol. The van der Waals surface area contributed by atoms with Crippen LogP contribution in [0.5, 0.6) is 0 Å². The predicted octanol–water partition coefficient (Wildman–Crippen LogP) is 1.26.